The fraction of sp³-hybridized carbons (Fsp3) is 0.143. The number of halogens is 2. The number of nitrogens with zero attached hydrogens (tertiary/aromatic N) is 4. The van der Waals surface area contributed by atoms with Crippen LogP contribution in [0.25, 0.3) is 22.2 Å². The highest BCUT2D eigenvalue weighted by atomic mass is 35.5. The summed E-state index contributed by atoms with van der Waals surface area (Å²) in [5, 5.41) is 5.46. The van der Waals surface area contributed by atoms with Gasteiger partial charge >= 0.3 is 5.97 Å². The van der Waals surface area contributed by atoms with Crippen LogP contribution in [0.15, 0.2) is 48.9 Å². The molecular formula is C21H16ClFN4O3. The van der Waals surface area contributed by atoms with Gasteiger partial charge in [0.25, 0.3) is 0 Å². The molecule has 0 saturated heterocycles. The molecule has 0 atom stereocenters. The highest BCUT2D eigenvalue weighted by molar-refractivity contribution is 6.32. The Labute approximate surface area is 176 Å². The zero-order valence-electron chi connectivity index (χ0n) is 16.1. The molecule has 7 nitrogen and oxygen atoms in total. The Kier molecular flexibility index (Phi) is 5.33. The van der Waals surface area contributed by atoms with Gasteiger partial charge in [0.2, 0.25) is 0 Å². The molecule has 0 aliphatic carbocycles. The average Bonchev–Trinajstić information content (AvgIpc) is 3.14. The van der Waals surface area contributed by atoms with Gasteiger partial charge in [-0.05, 0) is 24.3 Å². The predicted octanol–water partition coefficient (Wildman–Crippen LogP) is 4.13. The number of carbonyl (C=O) groups excluding carboxylic acids is 1. The van der Waals surface area contributed by atoms with Crippen LogP contribution < -0.4 is 4.74 Å². The summed E-state index contributed by atoms with van der Waals surface area (Å²) < 4.78 is 25.3. The molecule has 2 heterocycles. The Balaban J connectivity index is 1.67. The SMILES string of the molecule is COC(=O)c1cc(Cl)cc2cnn(Cc3cnc(-c4cc(F)cc(OC)c4)cn3)c12. The average molecular weight is 427 g/mol. The van der Waals surface area contributed by atoms with Gasteiger partial charge in [-0.25, -0.2) is 9.18 Å². The fourth-order valence-corrected chi connectivity index (χ4v) is 3.38. The summed E-state index contributed by atoms with van der Waals surface area (Å²) in [4.78, 5) is 21.0. The Hall–Kier alpha value is -3.52. The van der Waals surface area contributed by atoms with Crippen LogP contribution in [0.5, 0.6) is 5.75 Å². The zero-order chi connectivity index (χ0) is 21.3. The second-order valence-corrected chi connectivity index (χ2v) is 6.89. The third-order valence-corrected chi connectivity index (χ3v) is 4.74. The smallest absolute Gasteiger partial charge is 0.340 e. The van der Waals surface area contributed by atoms with Crippen molar-refractivity contribution in [2.45, 2.75) is 6.54 Å². The topological polar surface area (TPSA) is 79.1 Å². The quantitative estimate of drug-likeness (QED) is 0.446. The Bertz CT molecular complexity index is 1240. The maximum atomic E-state index is 13.8. The van der Waals surface area contributed by atoms with Crippen molar-refractivity contribution in [3.05, 3.63) is 71.0 Å². The first-order valence-electron chi connectivity index (χ1n) is 8.87. The summed E-state index contributed by atoms with van der Waals surface area (Å²) in [6.45, 7) is 0.273. The third kappa shape index (κ3) is 3.81. The van der Waals surface area contributed by atoms with Crippen molar-refractivity contribution < 1.29 is 18.7 Å². The largest absolute Gasteiger partial charge is 0.497 e. The van der Waals surface area contributed by atoms with Gasteiger partial charge in [-0.15, -0.1) is 0 Å². The van der Waals surface area contributed by atoms with Crippen LogP contribution in [-0.2, 0) is 11.3 Å². The molecule has 0 aliphatic rings. The maximum absolute atomic E-state index is 13.8. The monoisotopic (exact) mass is 426 g/mol. The molecule has 30 heavy (non-hydrogen) atoms. The van der Waals surface area contributed by atoms with Crippen LogP contribution in [0.3, 0.4) is 0 Å². The van der Waals surface area contributed by atoms with E-state index in [0.717, 1.165) is 0 Å². The number of hydrogen-bond acceptors (Lipinski definition) is 6. The highest BCUT2D eigenvalue weighted by Gasteiger charge is 2.17. The predicted molar refractivity (Wildman–Crippen MR) is 109 cm³/mol. The molecule has 0 spiro atoms. The van der Waals surface area contributed by atoms with E-state index in [1.54, 1.807) is 41.5 Å². The maximum Gasteiger partial charge on any atom is 0.340 e. The number of benzene rings is 2. The number of carbonyl (C=O) groups is 1. The number of methoxy groups -OCH3 is 2. The van der Waals surface area contributed by atoms with Crippen LogP contribution >= 0.6 is 11.6 Å². The minimum Gasteiger partial charge on any atom is -0.497 e. The van der Waals surface area contributed by atoms with Gasteiger partial charge in [0.15, 0.2) is 0 Å². The van der Waals surface area contributed by atoms with Crippen LogP contribution in [0, 0.1) is 5.82 Å². The lowest BCUT2D eigenvalue weighted by Crippen LogP contribution is -2.09. The van der Waals surface area contributed by atoms with Gasteiger partial charge in [0.1, 0.15) is 11.6 Å². The lowest BCUT2D eigenvalue weighted by Gasteiger charge is -2.08. The number of ether oxygens (including phenoxy) is 2. The number of aromatic nitrogens is 4. The molecule has 2 aromatic heterocycles. The summed E-state index contributed by atoms with van der Waals surface area (Å²) in [6, 6.07) is 7.60. The van der Waals surface area contributed by atoms with E-state index >= 15 is 0 Å². The number of fused-ring (bicyclic) bond motifs is 1. The molecule has 0 fully saturated rings. The van der Waals surface area contributed by atoms with Crippen LogP contribution in [0.4, 0.5) is 4.39 Å². The van der Waals surface area contributed by atoms with E-state index in [1.807, 2.05) is 0 Å². The van der Waals surface area contributed by atoms with Crippen molar-refractivity contribution in [1.29, 1.82) is 0 Å². The van der Waals surface area contributed by atoms with E-state index in [4.69, 9.17) is 21.1 Å². The Morgan fingerprint density at radius 2 is 1.93 bits per heavy atom. The van der Waals surface area contributed by atoms with Crippen molar-refractivity contribution in [3.8, 4) is 17.0 Å². The molecular weight excluding hydrogens is 411 g/mol. The van der Waals surface area contributed by atoms with Gasteiger partial charge in [-0.3, -0.25) is 14.6 Å². The van der Waals surface area contributed by atoms with Crippen LogP contribution in [0.2, 0.25) is 5.02 Å². The van der Waals surface area contributed by atoms with Gasteiger partial charge in [-0.1, -0.05) is 11.6 Å². The number of rotatable bonds is 5. The van der Waals surface area contributed by atoms with Gasteiger partial charge in [0.05, 0.1) is 61.8 Å². The van der Waals surface area contributed by atoms with E-state index in [-0.39, 0.29) is 6.54 Å². The minimum atomic E-state index is -0.509. The summed E-state index contributed by atoms with van der Waals surface area (Å²) in [5.74, 6) is -0.536. The third-order valence-electron chi connectivity index (χ3n) is 4.52. The normalized spacial score (nSPS) is 10.9. The van der Waals surface area contributed by atoms with Crippen molar-refractivity contribution in [3.63, 3.8) is 0 Å². The van der Waals surface area contributed by atoms with E-state index in [0.29, 0.717) is 44.2 Å². The van der Waals surface area contributed by atoms with Crippen LogP contribution in [0.1, 0.15) is 16.1 Å². The molecule has 9 heteroatoms. The molecule has 0 bridgehead atoms. The molecule has 0 unspecified atom stereocenters. The van der Waals surface area contributed by atoms with Gasteiger partial charge in [0, 0.05) is 22.0 Å². The summed E-state index contributed by atoms with van der Waals surface area (Å²) in [5.41, 5.74) is 2.57. The first-order chi connectivity index (χ1) is 14.5. The second kappa shape index (κ2) is 8.08. The molecule has 4 aromatic rings. The van der Waals surface area contributed by atoms with Crippen molar-refractivity contribution >= 4 is 28.5 Å². The van der Waals surface area contributed by atoms with Crippen molar-refractivity contribution in [2.75, 3.05) is 14.2 Å². The molecule has 0 aliphatic heterocycles. The van der Waals surface area contributed by atoms with E-state index in [1.165, 1.54) is 26.4 Å². The second-order valence-electron chi connectivity index (χ2n) is 6.46. The lowest BCUT2D eigenvalue weighted by molar-refractivity contribution is 0.0602. The van der Waals surface area contributed by atoms with E-state index in [2.05, 4.69) is 15.1 Å². The summed E-state index contributed by atoms with van der Waals surface area (Å²) >= 11 is 6.10. The molecule has 0 radical (unpaired) electrons. The first-order valence-corrected chi connectivity index (χ1v) is 9.25. The molecule has 152 valence electrons. The first kappa shape index (κ1) is 19.8. The van der Waals surface area contributed by atoms with Gasteiger partial charge in [-0.2, -0.15) is 5.10 Å². The molecule has 2 aromatic carbocycles. The van der Waals surface area contributed by atoms with Crippen molar-refractivity contribution in [2.24, 2.45) is 0 Å². The van der Waals surface area contributed by atoms with Crippen LogP contribution in [-0.4, -0.2) is 39.9 Å². The Morgan fingerprint density at radius 1 is 1.10 bits per heavy atom. The molecule has 0 N–H and O–H groups in total. The summed E-state index contributed by atoms with van der Waals surface area (Å²) in [7, 11) is 2.78. The fourth-order valence-electron chi connectivity index (χ4n) is 3.15. The highest BCUT2D eigenvalue weighted by Crippen LogP contribution is 2.26. The molecule has 0 amide bonds. The van der Waals surface area contributed by atoms with Gasteiger partial charge < -0.3 is 9.47 Å². The van der Waals surface area contributed by atoms with Crippen molar-refractivity contribution in [1.82, 2.24) is 19.7 Å². The van der Waals surface area contributed by atoms with E-state index in [9.17, 15) is 9.18 Å². The Morgan fingerprint density at radius 3 is 2.63 bits per heavy atom. The van der Waals surface area contributed by atoms with E-state index < -0.39 is 11.8 Å². The zero-order valence-corrected chi connectivity index (χ0v) is 16.9. The lowest BCUT2D eigenvalue weighted by atomic mass is 10.1. The standard InChI is InChI=1S/C21H16ClFN4O3/c1-29-17-5-12(4-15(23)7-17)19-10-24-16(9-25-19)11-27-20-13(8-26-27)3-14(22)6-18(20)21(28)30-2/h3-10H,11H2,1-2H3. The number of hydrogen-bond donors (Lipinski definition) is 0. The minimum absolute atomic E-state index is 0.273. The number of esters is 1. The molecule has 0 saturated carbocycles. The molecule has 4 rings (SSSR count). The summed E-state index contributed by atoms with van der Waals surface area (Å²) in [6.07, 6.45) is 4.75.